The Kier molecular flexibility index (Phi) is 8.01. The molecule has 29 heavy (non-hydrogen) atoms. The first-order chi connectivity index (χ1) is 14.1. The number of carbonyl (C=O) groups is 2. The van der Waals surface area contributed by atoms with Crippen LogP contribution in [0, 0.1) is 5.92 Å². The number of hydrogen-bond acceptors (Lipinski definition) is 3. The minimum Gasteiger partial charge on any atom is -0.352 e. The quantitative estimate of drug-likeness (QED) is 0.628. The number of rotatable bonds is 7. The van der Waals surface area contributed by atoms with Crippen LogP contribution in [0.3, 0.4) is 0 Å². The number of carbonyl (C=O) groups excluding carboxylic acids is 2. The van der Waals surface area contributed by atoms with Crippen molar-refractivity contribution in [3.8, 4) is 0 Å². The summed E-state index contributed by atoms with van der Waals surface area (Å²) in [7, 11) is 0. The summed E-state index contributed by atoms with van der Waals surface area (Å²) in [6, 6.07) is 15.3. The predicted octanol–water partition coefficient (Wildman–Crippen LogP) is 5.01. The van der Waals surface area contributed by atoms with Gasteiger partial charge in [-0.3, -0.25) is 9.59 Å². The topological polar surface area (TPSA) is 49.4 Å². The van der Waals surface area contributed by atoms with Crippen LogP contribution in [0.1, 0.15) is 41.6 Å². The van der Waals surface area contributed by atoms with Gasteiger partial charge in [0.2, 0.25) is 5.91 Å². The summed E-state index contributed by atoms with van der Waals surface area (Å²) in [5.74, 6) is 0.482. The van der Waals surface area contributed by atoms with Crippen LogP contribution in [0.5, 0.6) is 0 Å². The van der Waals surface area contributed by atoms with Crippen molar-refractivity contribution in [1.82, 2.24) is 10.2 Å². The lowest BCUT2D eigenvalue weighted by atomic mass is 9.92. The fraction of sp³-hybridized carbons (Fsp3) is 0.391. The van der Waals surface area contributed by atoms with E-state index in [1.165, 1.54) is 0 Å². The predicted molar refractivity (Wildman–Crippen MR) is 119 cm³/mol. The highest BCUT2D eigenvalue weighted by molar-refractivity contribution is 7.98. The van der Waals surface area contributed by atoms with Crippen molar-refractivity contribution in [2.45, 2.75) is 37.1 Å². The molecule has 1 N–H and O–H groups in total. The van der Waals surface area contributed by atoms with Crippen LogP contribution in [-0.2, 0) is 11.3 Å². The van der Waals surface area contributed by atoms with Crippen LogP contribution < -0.4 is 5.32 Å². The van der Waals surface area contributed by atoms with Crippen molar-refractivity contribution in [3.63, 3.8) is 0 Å². The highest BCUT2D eigenvalue weighted by Crippen LogP contribution is 2.23. The summed E-state index contributed by atoms with van der Waals surface area (Å²) in [5, 5.41) is 3.61. The number of piperidine rings is 1. The molecule has 2 aromatic carbocycles. The Hall–Kier alpha value is -1.98. The minimum absolute atomic E-state index is 0.0287. The van der Waals surface area contributed by atoms with Gasteiger partial charge >= 0.3 is 0 Å². The normalized spacial score (nSPS) is 16.5. The van der Waals surface area contributed by atoms with Gasteiger partial charge in [-0.2, -0.15) is 0 Å². The van der Waals surface area contributed by atoms with Gasteiger partial charge in [0.05, 0.1) is 0 Å². The van der Waals surface area contributed by atoms with Crippen LogP contribution in [0.4, 0.5) is 0 Å². The van der Waals surface area contributed by atoms with Gasteiger partial charge in [0, 0.05) is 41.5 Å². The number of amides is 2. The fourth-order valence-corrected chi connectivity index (χ4v) is 4.27. The first-order valence-electron chi connectivity index (χ1n) is 10.00. The standard InChI is InChI=1S/C23H27ClN2O2S/c1-29-20-11-9-18(10-12-20)23(28)26-14-4-5-17(16-26)8-13-22(27)25-15-19-6-2-3-7-21(19)24/h2-3,6-7,9-12,17H,4-5,8,13-16H2,1H3,(H,25,27)/t17-/m1/s1. The Morgan fingerprint density at radius 1 is 1.17 bits per heavy atom. The van der Waals surface area contributed by atoms with Crippen LogP contribution in [0.15, 0.2) is 53.4 Å². The lowest BCUT2D eigenvalue weighted by molar-refractivity contribution is -0.121. The van der Waals surface area contributed by atoms with E-state index in [0.717, 1.165) is 48.4 Å². The summed E-state index contributed by atoms with van der Waals surface area (Å²) in [6.45, 7) is 1.96. The molecule has 1 saturated heterocycles. The summed E-state index contributed by atoms with van der Waals surface area (Å²) in [4.78, 5) is 28.1. The highest BCUT2D eigenvalue weighted by Gasteiger charge is 2.24. The maximum atomic E-state index is 12.8. The third-order valence-corrected chi connectivity index (χ3v) is 6.47. The number of nitrogens with one attached hydrogen (secondary N) is 1. The molecule has 4 nitrogen and oxygen atoms in total. The van der Waals surface area contributed by atoms with Gasteiger partial charge in [-0.15, -0.1) is 11.8 Å². The molecule has 2 aromatic rings. The Bertz CT molecular complexity index is 841. The van der Waals surface area contributed by atoms with Crippen LogP contribution in [0.2, 0.25) is 5.02 Å². The zero-order valence-electron chi connectivity index (χ0n) is 16.7. The fourth-order valence-electron chi connectivity index (χ4n) is 3.66. The Morgan fingerprint density at radius 2 is 1.93 bits per heavy atom. The van der Waals surface area contributed by atoms with E-state index in [1.807, 2.05) is 59.7 Å². The molecule has 3 rings (SSSR count). The van der Waals surface area contributed by atoms with E-state index >= 15 is 0 Å². The summed E-state index contributed by atoms with van der Waals surface area (Å²) in [6.07, 6.45) is 5.34. The SMILES string of the molecule is CSc1ccc(C(=O)N2CCC[C@H](CCC(=O)NCc3ccccc3Cl)C2)cc1. The van der Waals surface area contributed by atoms with Crippen molar-refractivity contribution >= 4 is 35.2 Å². The van der Waals surface area contributed by atoms with Gasteiger partial charge < -0.3 is 10.2 Å². The molecule has 0 saturated carbocycles. The molecule has 0 radical (unpaired) electrons. The maximum absolute atomic E-state index is 12.8. The van der Waals surface area contributed by atoms with E-state index < -0.39 is 0 Å². The van der Waals surface area contributed by atoms with Crippen LogP contribution in [-0.4, -0.2) is 36.1 Å². The molecule has 0 bridgehead atoms. The van der Waals surface area contributed by atoms with Gasteiger partial charge in [0.1, 0.15) is 0 Å². The molecule has 1 aliphatic heterocycles. The van der Waals surface area contributed by atoms with E-state index in [0.29, 0.717) is 23.9 Å². The van der Waals surface area contributed by atoms with Crippen molar-refractivity contribution in [1.29, 1.82) is 0 Å². The van der Waals surface area contributed by atoms with Gasteiger partial charge in [-0.05, 0) is 67.3 Å². The van der Waals surface area contributed by atoms with Crippen molar-refractivity contribution in [3.05, 3.63) is 64.7 Å². The molecule has 0 spiro atoms. The molecule has 2 amide bonds. The summed E-state index contributed by atoms with van der Waals surface area (Å²) >= 11 is 7.80. The molecule has 6 heteroatoms. The molecule has 1 fully saturated rings. The van der Waals surface area contributed by atoms with Crippen LogP contribution >= 0.6 is 23.4 Å². The van der Waals surface area contributed by atoms with Crippen molar-refractivity contribution < 1.29 is 9.59 Å². The van der Waals surface area contributed by atoms with E-state index in [-0.39, 0.29) is 11.8 Å². The zero-order valence-corrected chi connectivity index (χ0v) is 18.3. The Balaban J connectivity index is 1.46. The highest BCUT2D eigenvalue weighted by atomic mass is 35.5. The van der Waals surface area contributed by atoms with Gasteiger partial charge in [-0.25, -0.2) is 0 Å². The second-order valence-corrected chi connectivity index (χ2v) is 8.68. The number of halogens is 1. The first kappa shape index (κ1) is 21.7. The second-order valence-electron chi connectivity index (χ2n) is 7.39. The molecule has 1 heterocycles. The number of thioether (sulfide) groups is 1. The van der Waals surface area contributed by atoms with Gasteiger partial charge in [-0.1, -0.05) is 29.8 Å². The van der Waals surface area contributed by atoms with Crippen molar-refractivity contribution in [2.75, 3.05) is 19.3 Å². The number of likely N-dealkylation sites (tertiary alicyclic amines) is 1. The number of benzene rings is 2. The molecular weight excluding hydrogens is 404 g/mol. The third kappa shape index (κ3) is 6.25. The average molecular weight is 431 g/mol. The van der Waals surface area contributed by atoms with Gasteiger partial charge in [0.25, 0.3) is 5.91 Å². The number of nitrogens with zero attached hydrogens (tertiary/aromatic N) is 1. The lowest BCUT2D eigenvalue weighted by Crippen LogP contribution is -2.40. The molecule has 0 unspecified atom stereocenters. The Labute approximate surface area is 182 Å². The molecule has 154 valence electrons. The third-order valence-electron chi connectivity index (χ3n) is 5.36. The second kappa shape index (κ2) is 10.7. The average Bonchev–Trinajstić information content (AvgIpc) is 2.77. The summed E-state index contributed by atoms with van der Waals surface area (Å²) < 4.78 is 0. The maximum Gasteiger partial charge on any atom is 0.253 e. The van der Waals surface area contributed by atoms with E-state index in [4.69, 9.17) is 11.6 Å². The molecule has 0 aliphatic carbocycles. The molecule has 1 atom stereocenters. The largest absolute Gasteiger partial charge is 0.352 e. The Morgan fingerprint density at radius 3 is 2.66 bits per heavy atom. The van der Waals surface area contributed by atoms with Crippen LogP contribution in [0.25, 0.3) is 0 Å². The zero-order chi connectivity index (χ0) is 20.6. The monoisotopic (exact) mass is 430 g/mol. The number of hydrogen-bond donors (Lipinski definition) is 1. The molecule has 1 aliphatic rings. The summed E-state index contributed by atoms with van der Waals surface area (Å²) in [5.41, 5.74) is 1.66. The van der Waals surface area contributed by atoms with E-state index in [1.54, 1.807) is 11.8 Å². The first-order valence-corrected chi connectivity index (χ1v) is 11.6. The minimum atomic E-state index is 0.0287. The van der Waals surface area contributed by atoms with E-state index in [9.17, 15) is 9.59 Å². The molecular formula is C23H27ClN2O2S. The lowest BCUT2D eigenvalue weighted by Gasteiger charge is -2.33. The van der Waals surface area contributed by atoms with Crippen molar-refractivity contribution in [2.24, 2.45) is 5.92 Å². The van der Waals surface area contributed by atoms with E-state index in [2.05, 4.69) is 5.32 Å². The molecule has 0 aromatic heterocycles. The smallest absolute Gasteiger partial charge is 0.253 e. The van der Waals surface area contributed by atoms with Gasteiger partial charge in [0.15, 0.2) is 0 Å².